The van der Waals surface area contributed by atoms with Gasteiger partial charge in [0, 0.05) is 44.1 Å². The van der Waals surface area contributed by atoms with E-state index in [1.807, 2.05) is 11.8 Å². The molecule has 2 N–H and O–H groups in total. The van der Waals surface area contributed by atoms with Crippen molar-refractivity contribution >= 4 is 35.8 Å². The molecule has 0 spiro atoms. The first kappa shape index (κ1) is 18.2. The summed E-state index contributed by atoms with van der Waals surface area (Å²) < 4.78 is 0. The van der Waals surface area contributed by atoms with Crippen LogP contribution in [-0.4, -0.2) is 48.3 Å². The number of carbonyl (C=O) groups is 3. The van der Waals surface area contributed by atoms with Gasteiger partial charge in [0.15, 0.2) is 0 Å². The molecular weight excluding hydrogens is 332 g/mol. The maximum Gasteiger partial charge on any atom is 0.254 e. The van der Waals surface area contributed by atoms with Gasteiger partial charge in [-0.05, 0) is 31.2 Å². The van der Waals surface area contributed by atoms with E-state index >= 15 is 0 Å². The Morgan fingerprint density at radius 3 is 2.54 bits per heavy atom. The van der Waals surface area contributed by atoms with Crippen LogP contribution < -0.4 is 15.8 Å². The van der Waals surface area contributed by atoms with E-state index in [4.69, 9.17) is 0 Å². The van der Waals surface area contributed by atoms with Crippen molar-refractivity contribution in [3.05, 3.63) is 29.8 Å². The van der Waals surface area contributed by atoms with Crippen molar-refractivity contribution in [2.24, 2.45) is 0 Å². The molecule has 1 aromatic rings. The summed E-state index contributed by atoms with van der Waals surface area (Å²) in [6.45, 7) is 4.28. The van der Waals surface area contributed by atoms with E-state index in [9.17, 15) is 14.4 Å². The number of benzene rings is 1. The highest BCUT2D eigenvalue weighted by molar-refractivity contribution is 6.01. The maximum atomic E-state index is 12.6. The fraction of sp³-hybridized carbons (Fsp3) is 0.438. The van der Waals surface area contributed by atoms with Crippen LogP contribution in [0.2, 0.25) is 0 Å². The van der Waals surface area contributed by atoms with Gasteiger partial charge in [-0.3, -0.25) is 19.8 Å². The van der Waals surface area contributed by atoms with Crippen molar-refractivity contribution in [1.29, 1.82) is 0 Å². The van der Waals surface area contributed by atoms with E-state index in [0.717, 1.165) is 13.1 Å². The summed E-state index contributed by atoms with van der Waals surface area (Å²) in [4.78, 5) is 37.7. The van der Waals surface area contributed by atoms with Crippen LogP contribution in [0.1, 0.15) is 30.1 Å². The van der Waals surface area contributed by atoms with E-state index in [1.54, 1.807) is 24.3 Å². The van der Waals surface area contributed by atoms with Crippen LogP contribution >= 0.6 is 12.4 Å². The van der Waals surface area contributed by atoms with Gasteiger partial charge in [-0.1, -0.05) is 0 Å². The molecule has 1 unspecified atom stereocenters. The third kappa shape index (κ3) is 3.68. The Labute approximate surface area is 146 Å². The minimum Gasteiger partial charge on any atom is -0.333 e. The van der Waals surface area contributed by atoms with Gasteiger partial charge in [-0.2, -0.15) is 0 Å². The van der Waals surface area contributed by atoms with Gasteiger partial charge in [0.1, 0.15) is 0 Å². The summed E-state index contributed by atoms with van der Waals surface area (Å²) in [5, 5.41) is 4.50. The van der Waals surface area contributed by atoms with E-state index in [1.165, 1.54) is 5.01 Å². The Balaban J connectivity index is 0.00000208. The van der Waals surface area contributed by atoms with Gasteiger partial charge < -0.3 is 10.2 Å². The summed E-state index contributed by atoms with van der Waals surface area (Å²) in [5.74, 6) is -0.349. The molecule has 3 amide bonds. The lowest BCUT2D eigenvalue weighted by Gasteiger charge is -2.34. The molecule has 7 nitrogen and oxygen atoms in total. The number of piperazine rings is 1. The second kappa shape index (κ2) is 7.63. The third-order valence-electron chi connectivity index (χ3n) is 4.19. The molecule has 0 aliphatic carbocycles. The largest absolute Gasteiger partial charge is 0.333 e. The molecule has 2 aliphatic rings. The summed E-state index contributed by atoms with van der Waals surface area (Å²) >= 11 is 0. The van der Waals surface area contributed by atoms with E-state index < -0.39 is 0 Å². The topological polar surface area (TPSA) is 81.8 Å². The Kier molecular flexibility index (Phi) is 5.80. The van der Waals surface area contributed by atoms with Gasteiger partial charge in [-0.25, -0.2) is 5.01 Å². The molecule has 2 heterocycles. The zero-order chi connectivity index (χ0) is 16.4. The van der Waals surface area contributed by atoms with Crippen molar-refractivity contribution in [2.75, 3.05) is 24.6 Å². The number of hydrogen-bond acceptors (Lipinski definition) is 4. The number of hydrogen-bond donors (Lipinski definition) is 2. The second-order valence-electron chi connectivity index (χ2n) is 5.86. The predicted molar refractivity (Wildman–Crippen MR) is 91.9 cm³/mol. The van der Waals surface area contributed by atoms with Crippen LogP contribution in [0.15, 0.2) is 24.3 Å². The number of carbonyl (C=O) groups excluding carboxylic acids is 3. The molecular formula is C16H21ClN4O3. The lowest BCUT2D eigenvalue weighted by molar-refractivity contribution is -0.130. The lowest BCUT2D eigenvalue weighted by Crippen LogP contribution is -2.52. The van der Waals surface area contributed by atoms with Crippen LogP contribution in [0.3, 0.4) is 0 Å². The van der Waals surface area contributed by atoms with Crippen LogP contribution in [0.4, 0.5) is 5.69 Å². The van der Waals surface area contributed by atoms with Gasteiger partial charge in [0.25, 0.3) is 5.91 Å². The summed E-state index contributed by atoms with van der Waals surface area (Å²) in [7, 11) is 0. The SMILES string of the molecule is CC1CNCCN1C(=O)c1ccc(N2NC(=O)CCC2=O)cc1.Cl. The maximum absolute atomic E-state index is 12.6. The standard InChI is InChI=1S/C16H20N4O3.ClH/c1-11-10-17-8-9-19(11)16(23)12-2-4-13(5-3-12)20-15(22)7-6-14(21)18-20;/h2-5,11,17H,6-10H2,1H3,(H,18,21);1H. The van der Waals surface area contributed by atoms with E-state index in [-0.39, 0.29) is 49.0 Å². The highest BCUT2D eigenvalue weighted by Crippen LogP contribution is 2.19. The number of nitrogens with zero attached hydrogens (tertiary/aromatic N) is 2. The first-order valence-electron chi connectivity index (χ1n) is 7.80. The van der Waals surface area contributed by atoms with Crippen molar-refractivity contribution in [3.63, 3.8) is 0 Å². The second-order valence-corrected chi connectivity index (χ2v) is 5.86. The molecule has 1 aromatic carbocycles. The molecule has 0 saturated carbocycles. The fourth-order valence-corrected chi connectivity index (χ4v) is 2.85. The Hall–Kier alpha value is -2.12. The highest BCUT2D eigenvalue weighted by Gasteiger charge is 2.26. The molecule has 8 heteroatoms. The van der Waals surface area contributed by atoms with Crippen molar-refractivity contribution < 1.29 is 14.4 Å². The van der Waals surface area contributed by atoms with E-state index in [2.05, 4.69) is 10.7 Å². The molecule has 1 atom stereocenters. The van der Waals surface area contributed by atoms with Gasteiger partial charge >= 0.3 is 0 Å². The molecule has 3 rings (SSSR count). The highest BCUT2D eigenvalue weighted by atomic mass is 35.5. The fourth-order valence-electron chi connectivity index (χ4n) is 2.85. The molecule has 0 aromatic heterocycles. The molecule has 0 radical (unpaired) electrons. The van der Waals surface area contributed by atoms with Crippen LogP contribution in [0, 0.1) is 0 Å². The molecule has 2 saturated heterocycles. The van der Waals surface area contributed by atoms with Gasteiger partial charge in [0.05, 0.1) is 5.69 Å². The molecule has 24 heavy (non-hydrogen) atoms. The number of amides is 3. The Morgan fingerprint density at radius 2 is 1.88 bits per heavy atom. The zero-order valence-electron chi connectivity index (χ0n) is 13.4. The number of nitrogens with one attached hydrogen (secondary N) is 2. The Morgan fingerprint density at radius 1 is 1.17 bits per heavy atom. The number of anilines is 1. The normalized spacial score (nSPS) is 21.1. The smallest absolute Gasteiger partial charge is 0.254 e. The third-order valence-corrected chi connectivity index (χ3v) is 4.19. The minimum atomic E-state index is -0.181. The van der Waals surface area contributed by atoms with Crippen molar-refractivity contribution in [2.45, 2.75) is 25.8 Å². The molecule has 0 bridgehead atoms. The zero-order valence-corrected chi connectivity index (χ0v) is 14.3. The average molecular weight is 353 g/mol. The predicted octanol–water partition coefficient (Wildman–Crippen LogP) is 0.700. The summed E-state index contributed by atoms with van der Waals surface area (Å²) in [6.07, 6.45) is 0.414. The first-order chi connectivity index (χ1) is 11.1. The van der Waals surface area contributed by atoms with E-state index in [0.29, 0.717) is 17.8 Å². The van der Waals surface area contributed by atoms with Crippen LogP contribution in [0.25, 0.3) is 0 Å². The average Bonchev–Trinajstić information content (AvgIpc) is 2.57. The number of halogens is 1. The van der Waals surface area contributed by atoms with Crippen molar-refractivity contribution in [1.82, 2.24) is 15.6 Å². The monoisotopic (exact) mass is 352 g/mol. The quantitative estimate of drug-likeness (QED) is 0.821. The number of hydrazine groups is 1. The van der Waals surface area contributed by atoms with Gasteiger partial charge in [0.2, 0.25) is 11.8 Å². The van der Waals surface area contributed by atoms with Crippen LogP contribution in [-0.2, 0) is 9.59 Å². The van der Waals surface area contributed by atoms with Gasteiger partial charge in [-0.15, -0.1) is 12.4 Å². The molecule has 2 aliphatic heterocycles. The number of rotatable bonds is 2. The lowest BCUT2D eigenvalue weighted by atomic mass is 10.1. The minimum absolute atomic E-state index is 0. The Bertz CT molecular complexity index is 635. The molecule has 130 valence electrons. The summed E-state index contributed by atoms with van der Waals surface area (Å²) in [5.41, 5.74) is 3.69. The summed E-state index contributed by atoms with van der Waals surface area (Å²) in [6, 6.07) is 6.91. The van der Waals surface area contributed by atoms with Crippen LogP contribution in [0.5, 0.6) is 0 Å². The molecule has 2 fully saturated rings. The first-order valence-corrected chi connectivity index (χ1v) is 7.80. The van der Waals surface area contributed by atoms with Crippen molar-refractivity contribution in [3.8, 4) is 0 Å².